The summed E-state index contributed by atoms with van der Waals surface area (Å²) in [6.07, 6.45) is 1.48. The molecule has 1 heterocycles. The molecule has 1 aromatic rings. The lowest BCUT2D eigenvalue weighted by Crippen LogP contribution is -2.09. The minimum Gasteiger partial charge on any atom is -0.285 e. The van der Waals surface area contributed by atoms with Crippen molar-refractivity contribution in [3.8, 4) is 0 Å². The zero-order valence-electron chi connectivity index (χ0n) is 6.51. The molecule has 0 aliphatic heterocycles. The van der Waals surface area contributed by atoms with Gasteiger partial charge in [-0.2, -0.15) is 8.42 Å². The summed E-state index contributed by atoms with van der Waals surface area (Å²) in [6.45, 7) is 1.39. The summed E-state index contributed by atoms with van der Waals surface area (Å²) in [5.74, 6) is 0. The van der Waals surface area contributed by atoms with Gasteiger partial charge in [0.15, 0.2) is 0 Å². The van der Waals surface area contributed by atoms with Gasteiger partial charge in [0.25, 0.3) is 10.1 Å². The molecule has 0 spiro atoms. The molecule has 1 aromatic heterocycles. The smallest absolute Gasteiger partial charge is 0.273 e. The molecule has 0 saturated carbocycles. The van der Waals surface area contributed by atoms with Gasteiger partial charge in [-0.3, -0.25) is 9.54 Å². The van der Waals surface area contributed by atoms with E-state index in [4.69, 9.17) is 4.55 Å². The van der Waals surface area contributed by atoms with Crippen LogP contribution in [0.15, 0.2) is 24.4 Å². The van der Waals surface area contributed by atoms with Crippen LogP contribution in [0.1, 0.15) is 17.9 Å². The third-order valence-corrected chi connectivity index (χ3v) is 2.69. The molecule has 5 heteroatoms. The molecule has 0 radical (unpaired) electrons. The van der Waals surface area contributed by atoms with Crippen LogP contribution in [0.2, 0.25) is 0 Å². The fourth-order valence-corrected chi connectivity index (χ4v) is 1.21. The van der Waals surface area contributed by atoms with Crippen LogP contribution >= 0.6 is 0 Å². The van der Waals surface area contributed by atoms with Crippen LogP contribution in [0, 0.1) is 0 Å². The van der Waals surface area contributed by atoms with Crippen LogP contribution in [0.4, 0.5) is 0 Å². The molecule has 0 bridgehead atoms. The van der Waals surface area contributed by atoms with Crippen molar-refractivity contribution in [1.29, 1.82) is 0 Å². The van der Waals surface area contributed by atoms with Crippen LogP contribution in [0.5, 0.6) is 0 Å². The van der Waals surface area contributed by atoms with Crippen molar-refractivity contribution in [2.24, 2.45) is 0 Å². The highest BCUT2D eigenvalue weighted by Gasteiger charge is 2.19. The fraction of sp³-hybridized carbons (Fsp3) is 0.286. The van der Waals surface area contributed by atoms with Crippen molar-refractivity contribution >= 4 is 10.1 Å². The van der Waals surface area contributed by atoms with Crippen LogP contribution in [-0.4, -0.2) is 18.0 Å². The minimum absolute atomic E-state index is 0.347. The van der Waals surface area contributed by atoms with Crippen LogP contribution < -0.4 is 0 Å². The standard InChI is InChI=1S/C7H9NO3S/c1-6(12(9,10)11)7-4-2-3-5-8-7/h2-6H,1H3,(H,9,10,11)/t6-/m0/s1. The lowest BCUT2D eigenvalue weighted by molar-refractivity contribution is 0.471. The van der Waals surface area contributed by atoms with Gasteiger partial charge < -0.3 is 0 Å². The van der Waals surface area contributed by atoms with E-state index in [2.05, 4.69) is 4.98 Å². The van der Waals surface area contributed by atoms with Crippen LogP contribution in [0.3, 0.4) is 0 Å². The Hall–Kier alpha value is -0.940. The first-order valence-corrected chi connectivity index (χ1v) is 4.89. The molecule has 0 fully saturated rings. The van der Waals surface area contributed by atoms with Crippen molar-refractivity contribution in [3.63, 3.8) is 0 Å². The molecule has 0 aliphatic carbocycles. The quantitative estimate of drug-likeness (QED) is 0.702. The van der Waals surface area contributed by atoms with E-state index in [9.17, 15) is 8.42 Å². The first kappa shape index (κ1) is 9.15. The molecule has 1 rings (SSSR count). The Bertz CT molecular complexity index is 346. The summed E-state index contributed by atoms with van der Waals surface area (Å²) >= 11 is 0. The highest BCUT2D eigenvalue weighted by atomic mass is 32.2. The Morgan fingerprint density at radius 1 is 1.50 bits per heavy atom. The predicted octanol–water partition coefficient (Wildman–Crippen LogP) is 1.03. The molecule has 66 valence electrons. The molecule has 0 aliphatic rings. The third-order valence-electron chi connectivity index (χ3n) is 1.55. The SMILES string of the molecule is C[C@@H](c1ccccn1)S(=O)(=O)O. The summed E-state index contributed by atoms with van der Waals surface area (Å²) < 4.78 is 30.0. The van der Waals surface area contributed by atoms with Gasteiger partial charge in [0.2, 0.25) is 0 Å². The van der Waals surface area contributed by atoms with Gasteiger partial charge >= 0.3 is 0 Å². The molecule has 0 saturated heterocycles. The van der Waals surface area contributed by atoms with Gasteiger partial charge in [0.1, 0.15) is 5.25 Å². The second kappa shape index (κ2) is 3.20. The maximum atomic E-state index is 10.6. The monoisotopic (exact) mass is 187 g/mol. The van der Waals surface area contributed by atoms with Crippen molar-refractivity contribution in [2.75, 3.05) is 0 Å². The average molecular weight is 187 g/mol. The maximum Gasteiger partial charge on any atom is 0.273 e. The molecule has 0 aromatic carbocycles. The van der Waals surface area contributed by atoms with Gasteiger partial charge in [0, 0.05) is 6.20 Å². The van der Waals surface area contributed by atoms with Crippen molar-refractivity contribution in [2.45, 2.75) is 12.2 Å². The van der Waals surface area contributed by atoms with E-state index in [-0.39, 0.29) is 0 Å². The Kier molecular flexibility index (Phi) is 2.44. The molecule has 1 atom stereocenters. The Balaban J connectivity index is 3.02. The fourth-order valence-electron chi connectivity index (χ4n) is 0.769. The number of pyridine rings is 1. The first-order chi connectivity index (χ1) is 5.52. The van der Waals surface area contributed by atoms with E-state index >= 15 is 0 Å². The Morgan fingerprint density at radius 2 is 2.17 bits per heavy atom. The largest absolute Gasteiger partial charge is 0.285 e. The van der Waals surface area contributed by atoms with Crippen LogP contribution in [0.25, 0.3) is 0 Å². The summed E-state index contributed by atoms with van der Waals surface area (Å²) in [6, 6.07) is 4.91. The summed E-state index contributed by atoms with van der Waals surface area (Å²) in [7, 11) is -4.02. The third kappa shape index (κ3) is 2.02. The number of nitrogens with zero attached hydrogens (tertiary/aromatic N) is 1. The van der Waals surface area contributed by atoms with Crippen molar-refractivity contribution < 1.29 is 13.0 Å². The molecule has 1 N–H and O–H groups in total. The van der Waals surface area contributed by atoms with Crippen molar-refractivity contribution in [1.82, 2.24) is 4.98 Å². The normalized spacial score (nSPS) is 14.2. The molecule has 0 unspecified atom stereocenters. The summed E-state index contributed by atoms with van der Waals surface area (Å²) in [5.41, 5.74) is 0.347. The first-order valence-electron chi connectivity index (χ1n) is 3.39. The van der Waals surface area contributed by atoms with Crippen LogP contribution in [-0.2, 0) is 10.1 Å². The second-order valence-corrected chi connectivity index (χ2v) is 4.15. The van der Waals surface area contributed by atoms with E-state index in [1.54, 1.807) is 18.2 Å². The molecular formula is C7H9NO3S. The van der Waals surface area contributed by atoms with E-state index in [0.29, 0.717) is 5.69 Å². The maximum absolute atomic E-state index is 10.6. The molecule has 12 heavy (non-hydrogen) atoms. The number of rotatable bonds is 2. The van der Waals surface area contributed by atoms with E-state index in [1.807, 2.05) is 0 Å². The van der Waals surface area contributed by atoms with Gasteiger partial charge in [-0.05, 0) is 19.1 Å². The van der Waals surface area contributed by atoms with Gasteiger partial charge in [0.05, 0.1) is 5.69 Å². The summed E-state index contributed by atoms with van der Waals surface area (Å²) in [5, 5.41) is -0.960. The molecular weight excluding hydrogens is 178 g/mol. The van der Waals surface area contributed by atoms with Gasteiger partial charge in [-0.25, -0.2) is 0 Å². The van der Waals surface area contributed by atoms with E-state index in [0.717, 1.165) is 0 Å². The van der Waals surface area contributed by atoms with Gasteiger partial charge in [-0.15, -0.1) is 0 Å². The lowest BCUT2D eigenvalue weighted by atomic mass is 10.3. The van der Waals surface area contributed by atoms with E-state index in [1.165, 1.54) is 13.1 Å². The molecule has 0 amide bonds. The number of aromatic nitrogens is 1. The zero-order chi connectivity index (χ0) is 9.19. The highest BCUT2D eigenvalue weighted by Crippen LogP contribution is 2.16. The van der Waals surface area contributed by atoms with Crippen molar-refractivity contribution in [3.05, 3.63) is 30.1 Å². The predicted molar refractivity (Wildman–Crippen MR) is 44.2 cm³/mol. The zero-order valence-corrected chi connectivity index (χ0v) is 7.32. The second-order valence-electron chi connectivity index (χ2n) is 2.41. The number of hydrogen-bond acceptors (Lipinski definition) is 3. The minimum atomic E-state index is -4.02. The topological polar surface area (TPSA) is 67.3 Å². The Labute approximate surface area is 71.0 Å². The number of hydrogen-bond donors (Lipinski definition) is 1. The Morgan fingerprint density at radius 3 is 2.58 bits per heavy atom. The lowest BCUT2D eigenvalue weighted by Gasteiger charge is -2.05. The average Bonchev–Trinajstić information content (AvgIpc) is 2.03. The highest BCUT2D eigenvalue weighted by molar-refractivity contribution is 7.86. The molecule has 4 nitrogen and oxygen atoms in total. The summed E-state index contributed by atoms with van der Waals surface area (Å²) in [4.78, 5) is 3.81. The van der Waals surface area contributed by atoms with E-state index < -0.39 is 15.4 Å². The van der Waals surface area contributed by atoms with Gasteiger partial charge in [-0.1, -0.05) is 6.07 Å².